The highest BCUT2D eigenvalue weighted by Gasteiger charge is 2.22. The van der Waals surface area contributed by atoms with Crippen LogP contribution in [0.3, 0.4) is 0 Å². The van der Waals surface area contributed by atoms with Gasteiger partial charge in [0.2, 0.25) is 0 Å². The van der Waals surface area contributed by atoms with Crippen LogP contribution in [0.2, 0.25) is 0 Å². The highest BCUT2D eigenvalue weighted by molar-refractivity contribution is 7.19. The normalized spacial score (nSPS) is 15.9. The van der Waals surface area contributed by atoms with Crippen molar-refractivity contribution in [1.82, 2.24) is 5.32 Å². The molecule has 5 rings (SSSR count). The summed E-state index contributed by atoms with van der Waals surface area (Å²) in [6.45, 7) is 0.807. The molecule has 0 spiro atoms. The van der Waals surface area contributed by atoms with Crippen molar-refractivity contribution in [1.29, 1.82) is 0 Å². The number of thiophene rings is 1. The van der Waals surface area contributed by atoms with E-state index in [-0.39, 0.29) is 6.17 Å². The van der Waals surface area contributed by atoms with E-state index in [1.807, 2.05) is 23.7 Å². The van der Waals surface area contributed by atoms with Crippen LogP contribution in [0.4, 0.5) is 11.4 Å². The minimum Gasteiger partial charge on any atom is -0.301 e. The number of hydrogen-bond acceptors (Lipinski definition) is 4. The van der Waals surface area contributed by atoms with Gasteiger partial charge in [0, 0.05) is 27.4 Å². The van der Waals surface area contributed by atoms with Crippen LogP contribution in [0.15, 0.2) is 89.9 Å². The zero-order chi connectivity index (χ0) is 18.1. The molecule has 1 N–H and O–H groups in total. The lowest BCUT2D eigenvalue weighted by Crippen LogP contribution is -2.28. The Balaban J connectivity index is 1.41. The fourth-order valence-corrected chi connectivity index (χ4v) is 4.51. The van der Waals surface area contributed by atoms with Crippen molar-refractivity contribution < 1.29 is 0 Å². The van der Waals surface area contributed by atoms with Crippen molar-refractivity contribution >= 4 is 39.1 Å². The molecule has 132 valence electrons. The molecule has 2 heterocycles. The van der Waals surface area contributed by atoms with Crippen LogP contribution in [0, 0.1) is 0 Å². The number of nitrogens with one attached hydrogen (secondary N) is 1. The third kappa shape index (κ3) is 3.14. The first-order valence-electron chi connectivity index (χ1n) is 9.06. The molecular formula is C23H19N3S. The molecule has 3 aromatic carbocycles. The summed E-state index contributed by atoms with van der Waals surface area (Å²) in [6.07, 6.45) is 1.90. The second-order valence-corrected chi connectivity index (χ2v) is 7.73. The maximum absolute atomic E-state index is 4.79. The Kier molecular flexibility index (Phi) is 4.20. The molecule has 4 heteroatoms. The van der Waals surface area contributed by atoms with Gasteiger partial charge in [0.05, 0.1) is 12.0 Å². The highest BCUT2D eigenvalue weighted by atomic mass is 32.1. The van der Waals surface area contributed by atoms with E-state index in [9.17, 15) is 0 Å². The van der Waals surface area contributed by atoms with Gasteiger partial charge in [-0.25, -0.2) is 0 Å². The smallest absolute Gasteiger partial charge is 0.129 e. The Labute approximate surface area is 162 Å². The zero-order valence-corrected chi connectivity index (χ0v) is 15.6. The van der Waals surface area contributed by atoms with Gasteiger partial charge in [-0.3, -0.25) is 10.3 Å². The first-order chi connectivity index (χ1) is 13.4. The number of nitrogens with zero attached hydrogens (tertiary/aromatic N) is 2. The molecule has 4 aromatic rings. The summed E-state index contributed by atoms with van der Waals surface area (Å²) in [5.74, 6) is 0. The molecule has 0 radical (unpaired) electrons. The maximum atomic E-state index is 4.79. The van der Waals surface area contributed by atoms with E-state index >= 15 is 0 Å². The van der Waals surface area contributed by atoms with Crippen LogP contribution >= 0.6 is 11.3 Å². The predicted molar refractivity (Wildman–Crippen MR) is 115 cm³/mol. The Bertz CT molecular complexity index is 1070. The highest BCUT2D eigenvalue weighted by Crippen LogP contribution is 2.35. The van der Waals surface area contributed by atoms with Gasteiger partial charge in [-0.2, -0.15) is 0 Å². The summed E-state index contributed by atoms with van der Waals surface area (Å²) < 4.78 is 1.33. The lowest BCUT2D eigenvalue weighted by molar-refractivity contribution is 0.556. The SMILES string of the molecule is C1=NC(NCc2cc3ccccc3s2)c2ccccc2N1c1ccccc1. The molecule has 1 aliphatic heterocycles. The van der Waals surface area contributed by atoms with Crippen LogP contribution in [-0.2, 0) is 6.54 Å². The fourth-order valence-electron chi connectivity index (χ4n) is 3.49. The number of para-hydroxylation sites is 2. The van der Waals surface area contributed by atoms with E-state index < -0.39 is 0 Å². The van der Waals surface area contributed by atoms with Gasteiger partial charge in [0.15, 0.2) is 0 Å². The Morgan fingerprint density at radius 3 is 2.56 bits per heavy atom. The average Bonchev–Trinajstić information content (AvgIpc) is 3.15. The number of rotatable bonds is 4. The molecule has 1 aliphatic rings. The van der Waals surface area contributed by atoms with Crippen LogP contribution in [0.5, 0.6) is 0 Å². The molecule has 0 fully saturated rings. The van der Waals surface area contributed by atoms with Crippen LogP contribution < -0.4 is 10.2 Å². The maximum Gasteiger partial charge on any atom is 0.129 e. The Hall–Kier alpha value is -2.95. The molecule has 1 atom stereocenters. The summed E-state index contributed by atoms with van der Waals surface area (Å²) in [7, 11) is 0. The molecular weight excluding hydrogens is 350 g/mol. The zero-order valence-electron chi connectivity index (χ0n) is 14.7. The molecule has 27 heavy (non-hydrogen) atoms. The summed E-state index contributed by atoms with van der Waals surface area (Å²) in [5, 5.41) is 4.92. The van der Waals surface area contributed by atoms with Crippen molar-refractivity contribution in [3.05, 3.63) is 95.4 Å². The number of anilines is 2. The van der Waals surface area contributed by atoms with E-state index in [4.69, 9.17) is 4.99 Å². The second-order valence-electron chi connectivity index (χ2n) is 6.56. The lowest BCUT2D eigenvalue weighted by atomic mass is 10.1. The summed E-state index contributed by atoms with van der Waals surface area (Å²) in [5.41, 5.74) is 3.49. The lowest BCUT2D eigenvalue weighted by Gasteiger charge is -2.30. The Morgan fingerprint density at radius 2 is 1.67 bits per heavy atom. The molecule has 0 saturated heterocycles. The van der Waals surface area contributed by atoms with Crippen LogP contribution in [-0.4, -0.2) is 6.34 Å². The monoisotopic (exact) mass is 369 g/mol. The van der Waals surface area contributed by atoms with Crippen molar-refractivity contribution in [2.45, 2.75) is 12.7 Å². The minimum absolute atomic E-state index is 0.0358. The van der Waals surface area contributed by atoms with Crippen molar-refractivity contribution in [2.75, 3.05) is 4.90 Å². The molecule has 0 aliphatic carbocycles. The number of fused-ring (bicyclic) bond motifs is 2. The van der Waals surface area contributed by atoms with Gasteiger partial charge in [-0.05, 0) is 35.7 Å². The summed E-state index contributed by atoms with van der Waals surface area (Å²) >= 11 is 1.84. The molecule has 0 saturated carbocycles. The quantitative estimate of drug-likeness (QED) is 0.487. The molecule has 0 amide bonds. The summed E-state index contributed by atoms with van der Waals surface area (Å²) in [6, 6.07) is 29.6. The number of benzene rings is 3. The van der Waals surface area contributed by atoms with E-state index in [1.165, 1.54) is 26.2 Å². The standard InChI is InChI=1S/C23H19N3S/c1-2-9-18(10-3-1)26-16-25-23(20-11-5-6-12-21(20)26)24-15-19-14-17-8-4-7-13-22(17)27-19/h1-14,16,23-24H,15H2. The number of hydrogen-bond donors (Lipinski definition) is 1. The average molecular weight is 369 g/mol. The van der Waals surface area contributed by atoms with Gasteiger partial charge in [0.1, 0.15) is 6.17 Å². The molecule has 3 nitrogen and oxygen atoms in total. The second kappa shape index (κ2) is 6.99. The van der Waals surface area contributed by atoms with Crippen molar-refractivity contribution in [3.63, 3.8) is 0 Å². The van der Waals surface area contributed by atoms with E-state index in [0.717, 1.165) is 12.2 Å². The Morgan fingerprint density at radius 1 is 0.889 bits per heavy atom. The molecule has 0 bridgehead atoms. The molecule has 1 aromatic heterocycles. The van der Waals surface area contributed by atoms with Crippen LogP contribution in [0.1, 0.15) is 16.6 Å². The largest absolute Gasteiger partial charge is 0.301 e. The predicted octanol–water partition coefficient (Wildman–Crippen LogP) is 5.87. The molecule has 1 unspecified atom stereocenters. The number of aliphatic imine (C=N–C) groups is 1. The van der Waals surface area contributed by atoms with E-state index in [2.05, 4.69) is 89.1 Å². The van der Waals surface area contributed by atoms with Gasteiger partial charge in [-0.15, -0.1) is 11.3 Å². The van der Waals surface area contributed by atoms with Gasteiger partial charge in [0.25, 0.3) is 0 Å². The first-order valence-corrected chi connectivity index (χ1v) is 9.87. The fraction of sp³-hybridized carbons (Fsp3) is 0.0870. The third-order valence-electron chi connectivity index (χ3n) is 4.80. The van der Waals surface area contributed by atoms with Gasteiger partial charge in [-0.1, -0.05) is 54.6 Å². The summed E-state index contributed by atoms with van der Waals surface area (Å²) in [4.78, 5) is 8.27. The minimum atomic E-state index is -0.0358. The first kappa shape index (κ1) is 16.2. The van der Waals surface area contributed by atoms with E-state index in [1.54, 1.807) is 0 Å². The topological polar surface area (TPSA) is 27.6 Å². The van der Waals surface area contributed by atoms with Gasteiger partial charge >= 0.3 is 0 Å². The van der Waals surface area contributed by atoms with E-state index in [0.29, 0.717) is 0 Å². The third-order valence-corrected chi connectivity index (χ3v) is 5.92. The van der Waals surface area contributed by atoms with Crippen molar-refractivity contribution in [2.24, 2.45) is 4.99 Å². The van der Waals surface area contributed by atoms with Crippen molar-refractivity contribution in [3.8, 4) is 0 Å². The van der Waals surface area contributed by atoms with Gasteiger partial charge < -0.3 is 4.90 Å². The van der Waals surface area contributed by atoms with Crippen LogP contribution in [0.25, 0.3) is 10.1 Å².